The zero-order chi connectivity index (χ0) is 19.2. The van der Waals surface area contributed by atoms with Gasteiger partial charge in [-0.2, -0.15) is 4.31 Å². The first-order chi connectivity index (χ1) is 12.3. The third-order valence-electron chi connectivity index (χ3n) is 3.55. The fourth-order valence-corrected chi connectivity index (χ4v) is 3.48. The highest BCUT2D eigenvalue weighted by molar-refractivity contribution is 7.89. The van der Waals surface area contributed by atoms with Crippen LogP contribution in [-0.2, 0) is 21.4 Å². The summed E-state index contributed by atoms with van der Waals surface area (Å²) in [6.07, 6.45) is 1.65. The second kappa shape index (κ2) is 8.64. The topological polar surface area (TPSA) is 75.7 Å². The standard InChI is InChI=1S/C19H22N2O4S/c1-4-12-25-18-7-5-6-16(13-18)14-21(3)26(23,24)19-10-8-17(9-11-19)20-15(2)22/h4-11,13H,1,12,14H2,2-3H3,(H,20,22). The Morgan fingerprint density at radius 3 is 2.54 bits per heavy atom. The molecule has 0 atom stereocenters. The van der Waals surface area contributed by atoms with E-state index in [1.807, 2.05) is 18.2 Å². The van der Waals surface area contributed by atoms with E-state index in [0.29, 0.717) is 18.0 Å². The number of benzene rings is 2. The molecule has 7 heteroatoms. The molecule has 0 aliphatic carbocycles. The Morgan fingerprint density at radius 1 is 1.23 bits per heavy atom. The quantitative estimate of drug-likeness (QED) is 0.721. The van der Waals surface area contributed by atoms with Crippen LogP contribution in [0, 0.1) is 0 Å². The van der Waals surface area contributed by atoms with Crippen molar-refractivity contribution in [2.24, 2.45) is 0 Å². The van der Waals surface area contributed by atoms with Crippen LogP contribution in [0.5, 0.6) is 5.75 Å². The van der Waals surface area contributed by atoms with E-state index in [-0.39, 0.29) is 17.3 Å². The van der Waals surface area contributed by atoms with Crippen LogP contribution >= 0.6 is 0 Å². The lowest BCUT2D eigenvalue weighted by Crippen LogP contribution is -2.26. The zero-order valence-electron chi connectivity index (χ0n) is 14.8. The number of sulfonamides is 1. The molecule has 26 heavy (non-hydrogen) atoms. The van der Waals surface area contributed by atoms with Gasteiger partial charge in [-0.15, -0.1) is 0 Å². The summed E-state index contributed by atoms with van der Waals surface area (Å²) >= 11 is 0. The summed E-state index contributed by atoms with van der Waals surface area (Å²) < 4.78 is 32.2. The van der Waals surface area contributed by atoms with Crippen LogP contribution in [0.1, 0.15) is 12.5 Å². The van der Waals surface area contributed by atoms with Crippen molar-refractivity contribution in [3.05, 3.63) is 66.7 Å². The molecule has 2 aromatic carbocycles. The van der Waals surface area contributed by atoms with Gasteiger partial charge in [0.1, 0.15) is 12.4 Å². The minimum absolute atomic E-state index is 0.160. The summed E-state index contributed by atoms with van der Waals surface area (Å²) in [5, 5.41) is 2.61. The van der Waals surface area contributed by atoms with Crippen LogP contribution in [0.15, 0.2) is 66.1 Å². The lowest BCUT2D eigenvalue weighted by atomic mass is 10.2. The normalized spacial score (nSPS) is 11.2. The van der Waals surface area contributed by atoms with E-state index in [2.05, 4.69) is 11.9 Å². The first kappa shape index (κ1) is 19.7. The minimum Gasteiger partial charge on any atom is -0.490 e. The van der Waals surface area contributed by atoms with Crippen molar-refractivity contribution >= 4 is 21.6 Å². The first-order valence-electron chi connectivity index (χ1n) is 7.99. The van der Waals surface area contributed by atoms with Gasteiger partial charge in [-0.25, -0.2) is 8.42 Å². The van der Waals surface area contributed by atoms with Crippen molar-refractivity contribution in [1.29, 1.82) is 0 Å². The smallest absolute Gasteiger partial charge is 0.243 e. The van der Waals surface area contributed by atoms with E-state index in [1.165, 1.54) is 30.4 Å². The molecule has 0 fully saturated rings. The highest BCUT2D eigenvalue weighted by Crippen LogP contribution is 2.21. The average Bonchev–Trinajstić information content (AvgIpc) is 2.60. The largest absolute Gasteiger partial charge is 0.490 e. The Kier molecular flexibility index (Phi) is 6.54. The predicted octanol–water partition coefficient (Wildman–Crippen LogP) is 3.03. The molecule has 0 aliphatic rings. The predicted molar refractivity (Wildman–Crippen MR) is 102 cm³/mol. The number of nitrogens with one attached hydrogen (secondary N) is 1. The van der Waals surface area contributed by atoms with E-state index in [4.69, 9.17) is 4.74 Å². The van der Waals surface area contributed by atoms with Crippen molar-refractivity contribution in [1.82, 2.24) is 4.31 Å². The molecule has 2 aromatic rings. The Balaban J connectivity index is 2.13. The number of hydrogen-bond donors (Lipinski definition) is 1. The van der Waals surface area contributed by atoms with Gasteiger partial charge in [-0.1, -0.05) is 24.8 Å². The molecule has 0 unspecified atom stereocenters. The Bertz CT molecular complexity index is 877. The van der Waals surface area contributed by atoms with Gasteiger partial charge < -0.3 is 10.1 Å². The molecule has 0 aromatic heterocycles. The maximum absolute atomic E-state index is 12.7. The van der Waals surface area contributed by atoms with Gasteiger partial charge in [0, 0.05) is 26.2 Å². The number of anilines is 1. The summed E-state index contributed by atoms with van der Waals surface area (Å²) in [5.41, 5.74) is 1.36. The van der Waals surface area contributed by atoms with Crippen molar-refractivity contribution in [2.45, 2.75) is 18.4 Å². The van der Waals surface area contributed by atoms with Crippen LogP contribution in [0.25, 0.3) is 0 Å². The van der Waals surface area contributed by atoms with Gasteiger partial charge in [-0.3, -0.25) is 4.79 Å². The highest BCUT2D eigenvalue weighted by atomic mass is 32.2. The number of carbonyl (C=O) groups is 1. The molecular formula is C19H22N2O4S. The molecule has 6 nitrogen and oxygen atoms in total. The summed E-state index contributed by atoms with van der Waals surface area (Å²) in [6.45, 7) is 5.59. The van der Waals surface area contributed by atoms with Gasteiger partial charge in [0.2, 0.25) is 15.9 Å². The fourth-order valence-electron chi connectivity index (χ4n) is 2.32. The molecule has 0 radical (unpaired) electrons. The van der Waals surface area contributed by atoms with E-state index in [0.717, 1.165) is 5.56 Å². The number of carbonyl (C=O) groups excluding carboxylic acids is 1. The number of nitrogens with zero attached hydrogens (tertiary/aromatic N) is 1. The molecular weight excluding hydrogens is 352 g/mol. The minimum atomic E-state index is -3.65. The van der Waals surface area contributed by atoms with Crippen molar-refractivity contribution in [3.63, 3.8) is 0 Å². The average molecular weight is 374 g/mol. The maximum Gasteiger partial charge on any atom is 0.243 e. The SMILES string of the molecule is C=CCOc1cccc(CN(C)S(=O)(=O)c2ccc(NC(C)=O)cc2)c1. The van der Waals surface area contributed by atoms with Crippen molar-refractivity contribution in [2.75, 3.05) is 19.0 Å². The summed E-state index contributed by atoms with van der Waals surface area (Å²) in [4.78, 5) is 11.2. The second-order valence-corrected chi connectivity index (χ2v) is 7.76. The van der Waals surface area contributed by atoms with E-state index < -0.39 is 10.0 Å². The summed E-state index contributed by atoms with van der Waals surface area (Å²) in [6, 6.07) is 13.3. The third-order valence-corrected chi connectivity index (χ3v) is 5.37. The van der Waals surface area contributed by atoms with Crippen LogP contribution in [0.2, 0.25) is 0 Å². The number of amides is 1. The van der Waals surface area contributed by atoms with Gasteiger partial charge >= 0.3 is 0 Å². The summed E-state index contributed by atoms with van der Waals surface area (Å²) in [5.74, 6) is 0.448. The monoisotopic (exact) mass is 374 g/mol. The van der Waals surface area contributed by atoms with E-state index >= 15 is 0 Å². The van der Waals surface area contributed by atoms with Gasteiger partial charge in [0.25, 0.3) is 0 Å². The van der Waals surface area contributed by atoms with Crippen LogP contribution in [0.3, 0.4) is 0 Å². The second-order valence-electron chi connectivity index (χ2n) is 5.71. The molecule has 0 spiro atoms. The fraction of sp³-hybridized carbons (Fsp3) is 0.211. The van der Waals surface area contributed by atoms with Crippen LogP contribution < -0.4 is 10.1 Å². The maximum atomic E-state index is 12.7. The van der Waals surface area contributed by atoms with Crippen LogP contribution in [-0.4, -0.2) is 32.3 Å². The number of rotatable bonds is 8. The van der Waals surface area contributed by atoms with Gasteiger partial charge in [0.05, 0.1) is 4.90 Å². The number of hydrogen-bond acceptors (Lipinski definition) is 4. The summed E-state index contributed by atoms with van der Waals surface area (Å²) in [7, 11) is -2.13. The molecule has 1 amide bonds. The van der Waals surface area contributed by atoms with Gasteiger partial charge in [-0.05, 0) is 42.0 Å². The molecule has 1 N–H and O–H groups in total. The molecule has 0 saturated carbocycles. The lowest BCUT2D eigenvalue weighted by molar-refractivity contribution is -0.114. The number of ether oxygens (including phenoxy) is 1. The molecule has 0 bridgehead atoms. The lowest BCUT2D eigenvalue weighted by Gasteiger charge is -2.18. The first-order valence-corrected chi connectivity index (χ1v) is 9.43. The van der Waals surface area contributed by atoms with Crippen LogP contribution in [0.4, 0.5) is 5.69 Å². The van der Waals surface area contributed by atoms with Crippen molar-refractivity contribution < 1.29 is 17.9 Å². The third kappa shape index (κ3) is 5.18. The molecule has 0 heterocycles. The van der Waals surface area contributed by atoms with Crippen molar-refractivity contribution in [3.8, 4) is 5.75 Å². The Labute approximate surface area is 154 Å². The Hall–Kier alpha value is -2.64. The van der Waals surface area contributed by atoms with E-state index in [9.17, 15) is 13.2 Å². The van der Waals surface area contributed by atoms with Gasteiger partial charge in [0.15, 0.2) is 0 Å². The molecule has 2 rings (SSSR count). The molecule has 0 aliphatic heterocycles. The molecule has 138 valence electrons. The van der Waals surface area contributed by atoms with E-state index in [1.54, 1.807) is 24.3 Å². The molecule has 0 saturated heterocycles. The zero-order valence-corrected chi connectivity index (χ0v) is 15.6. The Morgan fingerprint density at radius 2 is 1.92 bits per heavy atom. The highest BCUT2D eigenvalue weighted by Gasteiger charge is 2.21.